The van der Waals surface area contributed by atoms with Crippen LogP contribution in [-0.4, -0.2) is 37.9 Å². The van der Waals surface area contributed by atoms with E-state index in [4.69, 9.17) is 4.98 Å². The zero-order valence-corrected chi connectivity index (χ0v) is 25.5. The fourth-order valence-electron chi connectivity index (χ4n) is 4.99. The van der Waals surface area contributed by atoms with Gasteiger partial charge in [0, 0.05) is 41.2 Å². The highest BCUT2D eigenvalue weighted by Gasteiger charge is 2.11. The van der Waals surface area contributed by atoms with Crippen LogP contribution in [0.2, 0.25) is 0 Å². The van der Waals surface area contributed by atoms with Gasteiger partial charge in [0.1, 0.15) is 5.82 Å². The van der Waals surface area contributed by atoms with E-state index in [1.165, 1.54) is 6.07 Å². The first-order valence-corrected chi connectivity index (χ1v) is 15.0. The van der Waals surface area contributed by atoms with E-state index >= 15 is 0 Å². The molecule has 8 nitrogen and oxygen atoms in total. The molecule has 3 heterocycles. The Morgan fingerprint density at radius 3 is 1.98 bits per heavy atom. The van der Waals surface area contributed by atoms with Crippen molar-refractivity contribution in [2.24, 2.45) is 0 Å². The average molecular weight is 610 g/mol. The summed E-state index contributed by atoms with van der Waals surface area (Å²) in [5.74, 6) is -0.538. The molecule has 7 rings (SSSR count). The number of aryl methyl sites for hydroxylation is 1. The monoisotopic (exact) mass is 609 g/mol. The second-order valence-electron chi connectivity index (χ2n) is 10.6. The van der Waals surface area contributed by atoms with Gasteiger partial charge in [-0.2, -0.15) is 0 Å². The van der Waals surface area contributed by atoms with Crippen molar-refractivity contribution in [3.05, 3.63) is 133 Å². The highest BCUT2D eigenvalue weighted by molar-refractivity contribution is 6.02. The number of pyridine rings is 2. The predicted octanol–water partition coefficient (Wildman–Crippen LogP) is 8.24. The van der Waals surface area contributed by atoms with E-state index in [9.17, 15) is 9.18 Å². The van der Waals surface area contributed by atoms with Gasteiger partial charge in [0.2, 0.25) is 0 Å². The number of carbonyl (C=O) groups is 1. The highest BCUT2D eigenvalue weighted by Crippen LogP contribution is 2.25. The quantitative estimate of drug-likeness (QED) is 0.189. The fourth-order valence-corrected chi connectivity index (χ4v) is 4.99. The minimum absolute atomic E-state index is 0.269. The number of para-hydroxylation sites is 2. The van der Waals surface area contributed by atoms with Crippen LogP contribution in [0.15, 0.2) is 121 Å². The molecule has 0 saturated carbocycles. The normalized spacial score (nSPS) is 10.8. The molecule has 0 bridgehead atoms. The number of nitrogens with zero attached hydrogens (tertiary/aromatic N) is 5. The average Bonchev–Trinajstić information content (AvgIpc) is 3.57. The number of amides is 1. The summed E-state index contributed by atoms with van der Waals surface area (Å²) in [7, 11) is 1.70. The molecule has 2 N–H and O–H groups in total. The van der Waals surface area contributed by atoms with Crippen molar-refractivity contribution in [1.82, 2.24) is 25.0 Å². The third-order valence-corrected chi connectivity index (χ3v) is 7.39. The molecule has 7 aromatic rings. The molecule has 1 amide bonds. The minimum Gasteiger partial charge on any atom is -0.386 e. The van der Waals surface area contributed by atoms with E-state index in [0.717, 1.165) is 57.3 Å². The van der Waals surface area contributed by atoms with Gasteiger partial charge in [0.15, 0.2) is 5.69 Å². The molecule has 46 heavy (non-hydrogen) atoms. The first-order valence-electron chi connectivity index (χ1n) is 15.0. The Balaban J connectivity index is 0.000000172. The molecule has 0 aliphatic carbocycles. The number of hydrogen-bond donors (Lipinski definition) is 2. The maximum atomic E-state index is 13.8. The number of aromatic nitrogens is 5. The number of nitrogens with one attached hydrogen (secondary N) is 2. The van der Waals surface area contributed by atoms with Gasteiger partial charge in [-0.1, -0.05) is 78.9 Å². The van der Waals surface area contributed by atoms with Crippen molar-refractivity contribution >= 4 is 39.1 Å². The zero-order chi connectivity index (χ0) is 31.9. The molecule has 0 spiro atoms. The number of hydrogen-bond acceptors (Lipinski definition) is 6. The summed E-state index contributed by atoms with van der Waals surface area (Å²) >= 11 is 0. The van der Waals surface area contributed by atoms with Crippen LogP contribution in [0.25, 0.3) is 44.3 Å². The Morgan fingerprint density at radius 1 is 0.761 bits per heavy atom. The Hall–Kier alpha value is -5.96. The van der Waals surface area contributed by atoms with Gasteiger partial charge in [-0.15, -0.1) is 5.10 Å². The molecular weight excluding hydrogens is 577 g/mol. The first kappa shape index (κ1) is 30.1. The van der Waals surface area contributed by atoms with Crippen molar-refractivity contribution < 1.29 is 9.18 Å². The lowest BCUT2D eigenvalue weighted by molar-refractivity contribution is 0.102. The molecular formula is C37H32FN7O. The van der Waals surface area contributed by atoms with Gasteiger partial charge in [0.25, 0.3) is 5.91 Å². The number of carbonyl (C=O) groups excluding carboxylic acids is 1. The van der Waals surface area contributed by atoms with Crippen LogP contribution in [0.4, 0.5) is 15.8 Å². The number of fused-ring (bicyclic) bond motifs is 2. The topological polar surface area (TPSA) is 97.6 Å². The lowest BCUT2D eigenvalue weighted by Crippen LogP contribution is -2.12. The Morgan fingerprint density at radius 2 is 1.37 bits per heavy atom. The van der Waals surface area contributed by atoms with Gasteiger partial charge in [-0.25, -0.2) is 14.4 Å². The zero-order valence-electron chi connectivity index (χ0n) is 25.5. The third-order valence-electron chi connectivity index (χ3n) is 7.39. The molecule has 0 atom stereocenters. The van der Waals surface area contributed by atoms with Gasteiger partial charge < -0.3 is 10.6 Å². The summed E-state index contributed by atoms with van der Waals surface area (Å²) in [6, 6.07) is 36.6. The maximum absolute atomic E-state index is 13.8. The van der Waals surface area contributed by atoms with E-state index in [1.807, 2.05) is 104 Å². The SMILES string of the molecule is CCCn1cc(C(=O)Nc2ccc(-c3ccc4ccccc4n3)cc2)nn1.CNc1ccc(-c2ccc3ccccc3n2)cc1F. The smallest absolute Gasteiger partial charge is 0.277 e. The highest BCUT2D eigenvalue weighted by atomic mass is 19.1. The maximum Gasteiger partial charge on any atom is 0.277 e. The molecule has 0 saturated heterocycles. The lowest BCUT2D eigenvalue weighted by atomic mass is 10.1. The largest absolute Gasteiger partial charge is 0.386 e. The molecule has 0 fully saturated rings. The van der Waals surface area contributed by atoms with Gasteiger partial charge >= 0.3 is 0 Å². The van der Waals surface area contributed by atoms with Crippen LogP contribution in [0, 0.1) is 5.82 Å². The lowest BCUT2D eigenvalue weighted by Gasteiger charge is -2.06. The number of benzene rings is 4. The van der Waals surface area contributed by atoms with Crippen molar-refractivity contribution in [2.45, 2.75) is 19.9 Å². The van der Waals surface area contributed by atoms with Crippen molar-refractivity contribution in [3.63, 3.8) is 0 Å². The van der Waals surface area contributed by atoms with Crippen molar-refractivity contribution in [2.75, 3.05) is 17.7 Å². The van der Waals surface area contributed by atoms with Crippen molar-refractivity contribution in [3.8, 4) is 22.5 Å². The Bertz CT molecular complexity index is 2130. The van der Waals surface area contributed by atoms with E-state index in [-0.39, 0.29) is 11.7 Å². The Labute approximate surface area is 266 Å². The molecule has 0 aliphatic rings. The van der Waals surface area contributed by atoms with Crippen LogP contribution < -0.4 is 10.6 Å². The summed E-state index contributed by atoms with van der Waals surface area (Å²) in [5.41, 5.74) is 6.83. The molecule has 0 aliphatic heterocycles. The molecule has 4 aromatic carbocycles. The van der Waals surface area contributed by atoms with Crippen molar-refractivity contribution in [1.29, 1.82) is 0 Å². The molecule has 0 radical (unpaired) electrons. The summed E-state index contributed by atoms with van der Waals surface area (Å²) in [5, 5.41) is 15.7. The van der Waals surface area contributed by atoms with E-state index in [0.29, 0.717) is 17.1 Å². The summed E-state index contributed by atoms with van der Waals surface area (Å²) in [6.07, 6.45) is 2.60. The van der Waals surface area contributed by atoms with Crippen LogP contribution >= 0.6 is 0 Å². The van der Waals surface area contributed by atoms with E-state index < -0.39 is 0 Å². The summed E-state index contributed by atoms with van der Waals surface area (Å²) in [4.78, 5) is 21.5. The molecule has 3 aromatic heterocycles. The number of halogens is 1. The summed E-state index contributed by atoms with van der Waals surface area (Å²) in [6.45, 7) is 2.79. The fraction of sp³-hybridized carbons (Fsp3) is 0.108. The van der Waals surface area contributed by atoms with Gasteiger partial charge in [-0.3, -0.25) is 9.48 Å². The van der Waals surface area contributed by atoms with E-state index in [1.54, 1.807) is 24.0 Å². The predicted molar refractivity (Wildman–Crippen MR) is 182 cm³/mol. The third kappa shape index (κ3) is 6.89. The second kappa shape index (κ2) is 13.8. The van der Waals surface area contributed by atoms with Crippen LogP contribution in [0.3, 0.4) is 0 Å². The summed E-state index contributed by atoms with van der Waals surface area (Å²) < 4.78 is 15.4. The molecule has 228 valence electrons. The second-order valence-corrected chi connectivity index (χ2v) is 10.6. The van der Waals surface area contributed by atoms with Crippen LogP contribution in [-0.2, 0) is 6.54 Å². The molecule has 9 heteroatoms. The van der Waals surface area contributed by atoms with Crippen LogP contribution in [0.1, 0.15) is 23.8 Å². The van der Waals surface area contributed by atoms with E-state index in [2.05, 4.69) is 32.0 Å². The number of rotatable bonds is 7. The molecule has 0 unspecified atom stereocenters. The van der Waals surface area contributed by atoms with Gasteiger partial charge in [-0.05, 0) is 55.0 Å². The first-order chi connectivity index (χ1) is 22.5. The number of anilines is 2. The van der Waals surface area contributed by atoms with Gasteiger partial charge in [0.05, 0.1) is 34.3 Å². The Kier molecular flexibility index (Phi) is 9.01. The minimum atomic E-state index is -0.270. The standard InChI is InChI=1S/C21H19N5O.C16H13FN2/c1-2-13-26-14-20(24-25-26)21(27)22-17-10-7-16(8-11-17)19-12-9-15-5-3-4-6-18(15)23-19;1-18-16-9-7-12(10-13(16)17)15-8-6-11-4-2-3-5-14(11)19-15/h3-12,14H,2,13H2,1H3,(H,22,27);2-10,18H,1H3. The van der Waals surface area contributed by atoms with Crippen LogP contribution in [0.5, 0.6) is 0 Å².